The number of hydrogen-bond donors (Lipinski definition) is 1. The predicted octanol–water partition coefficient (Wildman–Crippen LogP) is 2.92. The maximum Gasteiger partial charge on any atom is 0.573 e. The van der Waals surface area contributed by atoms with Gasteiger partial charge in [0.25, 0.3) is 0 Å². The van der Waals surface area contributed by atoms with Gasteiger partial charge in [-0.15, -0.1) is 13.2 Å². The van der Waals surface area contributed by atoms with Crippen LogP contribution < -0.4 is 14.2 Å². The van der Waals surface area contributed by atoms with Crippen LogP contribution in [0.5, 0.6) is 11.5 Å². The van der Waals surface area contributed by atoms with Crippen molar-refractivity contribution >= 4 is 15.9 Å². The number of alkyl halides is 3. The van der Waals surface area contributed by atoms with E-state index in [-0.39, 0.29) is 30.3 Å². The number of para-hydroxylation sites is 1. The Kier molecular flexibility index (Phi) is 7.68. The molecule has 0 aliphatic heterocycles. The molecule has 0 aliphatic carbocycles. The van der Waals surface area contributed by atoms with Crippen molar-refractivity contribution in [2.75, 3.05) is 20.7 Å². The van der Waals surface area contributed by atoms with Crippen LogP contribution in [-0.2, 0) is 21.4 Å². The lowest BCUT2D eigenvalue weighted by molar-refractivity contribution is -0.274. The Hall–Kier alpha value is -2.79. The first kappa shape index (κ1) is 23.5. The minimum atomic E-state index is -4.87. The topological polar surface area (TPSA) is 84.9 Å². The van der Waals surface area contributed by atoms with Crippen LogP contribution in [0, 0.1) is 0 Å². The third kappa shape index (κ3) is 6.92. The fourth-order valence-corrected chi connectivity index (χ4v) is 3.60. The molecule has 0 saturated carbocycles. The van der Waals surface area contributed by atoms with Crippen LogP contribution >= 0.6 is 0 Å². The minimum Gasteiger partial charge on any atom is -0.496 e. The van der Waals surface area contributed by atoms with Gasteiger partial charge in [0.1, 0.15) is 11.5 Å². The molecular formula is C19H21F3N2O5S. The summed E-state index contributed by atoms with van der Waals surface area (Å²) in [5.41, 5.74) is 0.803. The molecule has 164 valence electrons. The van der Waals surface area contributed by atoms with Crippen molar-refractivity contribution in [3.8, 4) is 11.5 Å². The fraction of sp³-hybridized carbons (Fsp3) is 0.316. The van der Waals surface area contributed by atoms with Crippen molar-refractivity contribution in [3.63, 3.8) is 0 Å². The number of sulfonamides is 1. The molecule has 0 aromatic heterocycles. The van der Waals surface area contributed by atoms with Crippen LogP contribution in [0.15, 0.2) is 53.4 Å². The Morgan fingerprint density at radius 1 is 1.10 bits per heavy atom. The largest absolute Gasteiger partial charge is 0.573 e. The Morgan fingerprint density at radius 3 is 2.33 bits per heavy atom. The minimum absolute atomic E-state index is 0.0971. The van der Waals surface area contributed by atoms with Crippen LogP contribution in [0.25, 0.3) is 0 Å². The lowest BCUT2D eigenvalue weighted by atomic mass is 10.2. The number of carbonyl (C=O) groups excluding carboxylic acids is 1. The highest BCUT2D eigenvalue weighted by Crippen LogP contribution is 2.24. The molecule has 2 aromatic rings. The number of nitrogens with zero attached hydrogens (tertiary/aromatic N) is 1. The van der Waals surface area contributed by atoms with Crippen molar-refractivity contribution in [1.82, 2.24) is 9.62 Å². The summed E-state index contributed by atoms with van der Waals surface area (Å²) in [6.07, 6.45) is -4.96. The lowest BCUT2D eigenvalue weighted by Crippen LogP contribution is -2.32. The Morgan fingerprint density at radius 2 is 1.73 bits per heavy atom. The molecule has 2 aromatic carbocycles. The van der Waals surface area contributed by atoms with E-state index in [4.69, 9.17) is 4.74 Å². The van der Waals surface area contributed by atoms with E-state index in [2.05, 4.69) is 9.46 Å². The fourth-order valence-electron chi connectivity index (χ4n) is 2.56. The van der Waals surface area contributed by atoms with Crippen molar-refractivity contribution < 1.29 is 35.9 Å². The molecule has 0 fully saturated rings. The van der Waals surface area contributed by atoms with Crippen LogP contribution in [0.3, 0.4) is 0 Å². The average Bonchev–Trinajstić information content (AvgIpc) is 2.67. The maximum absolute atomic E-state index is 12.3. The molecular weight excluding hydrogens is 425 g/mol. The van der Waals surface area contributed by atoms with E-state index in [1.165, 1.54) is 12.0 Å². The quantitative estimate of drug-likeness (QED) is 0.640. The molecule has 0 atom stereocenters. The first-order valence-corrected chi connectivity index (χ1v) is 10.2. The van der Waals surface area contributed by atoms with Gasteiger partial charge in [-0.25, -0.2) is 13.1 Å². The van der Waals surface area contributed by atoms with E-state index >= 15 is 0 Å². The van der Waals surface area contributed by atoms with E-state index in [0.29, 0.717) is 5.75 Å². The van der Waals surface area contributed by atoms with E-state index in [1.54, 1.807) is 19.2 Å². The van der Waals surface area contributed by atoms with Crippen LogP contribution in [-0.4, -0.2) is 46.3 Å². The molecule has 2 rings (SSSR count). The van der Waals surface area contributed by atoms with Gasteiger partial charge in [0.15, 0.2) is 0 Å². The van der Waals surface area contributed by atoms with Gasteiger partial charge in [0.05, 0.1) is 12.0 Å². The molecule has 0 bridgehead atoms. The highest BCUT2D eigenvalue weighted by molar-refractivity contribution is 7.89. The average molecular weight is 446 g/mol. The first-order valence-electron chi connectivity index (χ1n) is 8.73. The zero-order valence-electron chi connectivity index (χ0n) is 16.3. The SMILES string of the molecule is COc1ccccc1CN(C)C(=O)CCNS(=O)(=O)c1ccc(OC(F)(F)F)cc1. The van der Waals surface area contributed by atoms with E-state index in [9.17, 15) is 26.4 Å². The summed E-state index contributed by atoms with van der Waals surface area (Å²) >= 11 is 0. The number of nitrogens with one attached hydrogen (secondary N) is 1. The molecule has 0 heterocycles. The van der Waals surface area contributed by atoms with E-state index in [0.717, 1.165) is 29.8 Å². The van der Waals surface area contributed by atoms with Crippen LogP contribution in [0.4, 0.5) is 13.2 Å². The molecule has 0 spiro atoms. The number of carbonyl (C=O) groups is 1. The van der Waals surface area contributed by atoms with Gasteiger partial charge < -0.3 is 14.4 Å². The highest BCUT2D eigenvalue weighted by atomic mass is 32.2. The normalized spacial score (nSPS) is 11.8. The third-order valence-corrected chi connectivity index (χ3v) is 5.50. The summed E-state index contributed by atoms with van der Waals surface area (Å²) < 4.78 is 72.2. The summed E-state index contributed by atoms with van der Waals surface area (Å²) in [6.45, 7) is 0.120. The van der Waals surface area contributed by atoms with Crippen LogP contribution in [0.2, 0.25) is 0 Å². The summed E-state index contributed by atoms with van der Waals surface area (Å²) in [6, 6.07) is 11.0. The second-order valence-corrected chi connectivity index (χ2v) is 8.00. The molecule has 0 radical (unpaired) electrons. The Labute approximate surface area is 172 Å². The van der Waals surface area contributed by atoms with Gasteiger partial charge in [0.2, 0.25) is 15.9 Å². The summed E-state index contributed by atoms with van der Waals surface area (Å²) in [4.78, 5) is 13.5. The first-order chi connectivity index (χ1) is 14.0. The second kappa shape index (κ2) is 9.81. The number of ether oxygens (including phenoxy) is 2. The number of methoxy groups -OCH3 is 1. The molecule has 1 N–H and O–H groups in total. The van der Waals surface area contributed by atoms with Gasteiger partial charge in [-0.2, -0.15) is 0 Å². The molecule has 0 aliphatic rings. The number of amides is 1. The van der Waals surface area contributed by atoms with Crippen molar-refractivity contribution in [2.45, 2.75) is 24.2 Å². The van der Waals surface area contributed by atoms with Gasteiger partial charge in [-0.3, -0.25) is 4.79 Å². The van der Waals surface area contributed by atoms with Gasteiger partial charge in [-0.05, 0) is 30.3 Å². The van der Waals surface area contributed by atoms with Gasteiger partial charge in [-0.1, -0.05) is 18.2 Å². The predicted molar refractivity (Wildman–Crippen MR) is 102 cm³/mol. The smallest absolute Gasteiger partial charge is 0.496 e. The number of halogens is 3. The van der Waals surface area contributed by atoms with Crippen molar-refractivity contribution in [3.05, 3.63) is 54.1 Å². The highest BCUT2D eigenvalue weighted by Gasteiger charge is 2.31. The third-order valence-electron chi connectivity index (χ3n) is 4.02. The van der Waals surface area contributed by atoms with Crippen molar-refractivity contribution in [2.24, 2.45) is 0 Å². The molecule has 11 heteroatoms. The summed E-state index contributed by atoms with van der Waals surface area (Å²) in [5, 5.41) is 0. The second-order valence-electron chi connectivity index (χ2n) is 6.23. The number of benzene rings is 2. The molecule has 7 nitrogen and oxygen atoms in total. The lowest BCUT2D eigenvalue weighted by Gasteiger charge is -2.19. The van der Waals surface area contributed by atoms with E-state index in [1.807, 2.05) is 12.1 Å². The van der Waals surface area contributed by atoms with Gasteiger partial charge >= 0.3 is 6.36 Å². The van der Waals surface area contributed by atoms with Crippen molar-refractivity contribution in [1.29, 1.82) is 0 Å². The zero-order chi connectivity index (χ0) is 22.4. The summed E-state index contributed by atoms with van der Waals surface area (Å²) in [7, 11) is -0.878. The van der Waals surface area contributed by atoms with Crippen LogP contribution in [0.1, 0.15) is 12.0 Å². The monoisotopic (exact) mass is 446 g/mol. The molecule has 30 heavy (non-hydrogen) atoms. The molecule has 0 unspecified atom stereocenters. The Balaban J connectivity index is 1.89. The Bertz CT molecular complexity index is 963. The van der Waals surface area contributed by atoms with Gasteiger partial charge in [0, 0.05) is 32.1 Å². The molecule has 1 amide bonds. The zero-order valence-corrected chi connectivity index (χ0v) is 17.1. The number of rotatable bonds is 9. The maximum atomic E-state index is 12.3. The van der Waals surface area contributed by atoms with E-state index < -0.39 is 22.1 Å². The summed E-state index contributed by atoms with van der Waals surface area (Å²) in [5.74, 6) is -0.192. The molecule has 0 saturated heterocycles. The number of hydrogen-bond acceptors (Lipinski definition) is 5. The standard InChI is InChI=1S/C19H21F3N2O5S/c1-24(13-14-5-3-4-6-17(14)28-2)18(25)11-12-23-30(26,27)16-9-7-15(8-10-16)29-19(20,21)22/h3-10,23H,11-13H2,1-2H3.